The van der Waals surface area contributed by atoms with E-state index < -0.39 is 0 Å². The predicted octanol–water partition coefficient (Wildman–Crippen LogP) is 4.11. The van der Waals surface area contributed by atoms with E-state index in [1.807, 2.05) is 13.0 Å². The third-order valence-corrected chi connectivity index (χ3v) is 6.03. The molecule has 3 aromatic heterocycles. The Morgan fingerprint density at radius 2 is 1.97 bits per heavy atom. The summed E-state index contributed by atoms with van der Waals surface area (Å²) in [6.07, 6.45) is 2.43. The van der Waals surface area contributed by atoms with Gasteiger partial charge in [-0.2, -0.15) is 0 Å². The number of hydrogen-bond acceptors (Lipinski definition) is 6. The summed E-state index contributed by atoms with van der Waals surface area (Å²) in [7, 11) is 0. The number of aromatic amines is 1. The van der Waals surface area contributed by atoms with Crippen LogP contribution >= 0.6 is 15.9 Å². The monoisotopic (exact) mass is 467 g/mol. The van der Waals surface area contributed by atoms with Crippen LogP contribution in [0.3, 0.4) is 0 Å². The molecular formula is C22H22BrN5O2. The van der Waals surface area contributed by atoms with E-state index >= 15 is 0 Å². The molecule has 8 heteroatoms. The van der Waals surface area contributed by atoms with E-state index in [4.69, 9.17) is 14.2 Å². The average molecular weight is 468 g/mol. The number of nitrogens with one attached hydrogen (secondary N) is 1. The van der Waals surface area contributed by atoms with Gasteiger partial charge in [0, 0.05) is 53.9 Å². The van der Waals surface area contributed by atoms with E-state index in [0.29, 0.717) is 12.1 Å². The second-order valence-electron chi connectivity index (χ2n) is 7.56. The first kappa shape index (κ1) is 19.4. The third-order valence-electron chi connectivity index (χ3n) is 5.35. The maximum absolute atomic E-state index is 5.43. The number of pyridine rings is 1. The summed E-state index contributed by atoms with van der Waals surface area (Å²) >= 11 is 3.62. The molecule has 0 bridgehead atoms. The maximum Gasteiger partial charge on any atom is 0.178 e. The molecule has 0 radical (unpaired) electrons. The minimum atomic E-state index is 0.636. The van der Waals surface area contributed by atoms with Crippen molar-refractivity contribution < 1.29 is 9.26 Å². The van der Waals surface area contributed by atoms with E-state index in [0.717, 1.165) is 71.2 Å². The minimum Gasteiger partial charge on any atom is -0.379 e. The van der Waals surface area contributed by atoms with E-state index in [-0.39, 0.29) is 0 Å². The van der Waals surface area contributed by atoms with Crippen LogP contribution in [0.2, 0.25) is 0 Å². The van der Waals surface area contributed by atoms with Crippen molar-refractivity contribution in [2.75, 3.05) is 26.3 Å². The lowest BCUT2D eigenvalue weighted by atomic mass is 10.1. The summed E-state index contributed by atoms with van der Waals surface area (Å²) in [4.78, 5) is 15.1. The zero-order chi connectivity index (χ0) is 20.5. The fraction of sp³-hybridized carbons (Fsp3) is 0.318. The summed E-state index contributed by atoms with van der Waals surface area (Å²) in [6.45, 7) is 6.44. The lowest BCUT2D eigenvalue weighted by molar-refractivity contribution is 0.0342. The van der Waals surface area contributed by atoms with Crippen LogP contribution in [0.1, 0.15) is 22.6 Å². The van der Waals surface area contributed by atoms with Crippen LogP contribution in [0, 0.1) is 6.92 Å². The minimum absolute atomic E-state index is 0.636. The highest BCUT2D eigenvalue weighted by molar-refractivity contribution is 9.10. The first-order valence-corrected chi connectivity index (χ1v) is 10.8. The van der Waals surface area contributed by atoms with Gasteiger partial charge in [-0.1, -0.05) is 29.4 Å². The van der Waals surface area contributed by atoms with Crippen LogP contribution in [0.15, 0.2) is 45.5 Å². The summed E-state index contributed by atoms with van der Waals surface area (Å²) in [6, 6.07) is 10.5. The largest absolute Gasteiger partial charge is 0.379 e. The number of H-pyrrole nitrogens is 1. The molecule has 0 saturated carbocycles. The van der Waals surface area contributed by atoms with Crippen LogP contribution < -0.4 is 0 Å². The van der Waals surface area contributed by atoms with Gasteiger partial charge in [0.2, 0.25) is 0 Å². The molecule has 1 aromatic carbocycles. The molecular weight excluding hydrogens is 446 g/mol. The third kappa shape index (κ3) is 4.03. The standard InChI is InChI=1S/C22H22BrN5O2/c1-14-10-17(27-30-14)11-18-19(23)12-24-22-20(18)25-21(26-22)16-4-2-15(3-5-16)13-28-6-8-29-9-7-28/h2-5,10,12H,6-9,11,13H2,1H3,(H,24,25,26). The fourth-order valence-corrected chi connectivity index (χ4v) is 4.20. The van der Waals surface area contributed by atoms with Crippen molar-refractivity contribution in [3.63, 3.8) is 0 Å². The SMILES string of the molecule is Cc1cc(Cc2c(Br)cnc3nc(-c4ccc(CN5CCOCC5)cc4)[nH]c23)no1. The zero-order valence-electron chi connectivity index (χ0n) is 16.7. The molecule has 4 aromatic rings. The van der Waals surface area contributed by atoms with Gasteiger partial charge in [0.05, 0.1) is 24.4 Å². The van der Waals surface area contributed by atoms with Gasteiger partial charge in [-0.3, -0.25) is 4.90 Å². The van der Waals surface area contributed by atoms with Gasteiger partial charge in [-0.15, -0.1) is 0 Å². The number of rotatable bonds is 5. The smallest absolute Gasteiger partial charge is 0.178 e. The number of fused-ring (bicyclic) bond motifs is 1. The highest BCUT2D eigenvalue weighted by Gasteiger charge is 2.16. The second kappa shape index (κ2) is 8.29. The van der Waals surface area contributed by atoms with E-state index in [1.165, 1.54) is 5.56 Å². The van der Waals surface area contributed by atoms with Crippen molar-refractivity contribution in [1.82, 2.24) is 25.0 Å². The van der Waals surface area contributed by atoms with Gasteiger partial charge < -0.3 is 14.2 Å². The first-order chi connectivity index (χ1) is 14.7. The van der Waals surface area contributed by atoms with Crippen molar-refractivity contribution in [2.45, 2.75) is 19.9 Å². The highest BCUT2D eigenvalue weighted by atomic mass is 79.9. The van der Waals surface area contributed by atoms with Crippen molar-refractivity contribution in [1.29, 1.82) is 0 Å². The van der Waals surface area contributed by atoms with Crippen molar-refractivity contribution >= 4 is 27.1 Å². The average Bonchev–Trinajstić information content (AvgIpc) is 3.38. The van der Waals surface area contributed by atoms with Crippen LogP contribution in [0.25, 0.3) is 22.6 Å². The highest BCUT2D eigenvalue weighted by Crippen LogP contribution is 2.28. The molecule has 30 heavy (non-hydrogen) atoms. The summed E-state index contributed by atoms with van der Waals surface area (Å²) < 4.78 is 11.6. The zero-order valence-corrected chi connectivity index (χ0v) is 18.3. The normalized spacial score (nSPS) is 15.1. The molecule has 0 atom stereocenters. The topological polar surface area (TPSA) is 80.1 Å². The van der Waals surface area contributed by atoms with Gasteiger partial charge >= 0.3 is 0 Å². The van der Waals surface area contributed by atoms with Gasteiger partial charge in [0.15, 0.2) is 5.65 Å². The number of hydrogen-bond donors (Lipinski definition) is 1. The second-order valence-corrected chi connectivity index (χ2v) is 8.41. The summed E-state index contributed by atoms with van der Waals surface area (Å²) in [5, 5.41) is 4.12. The number of morpholine rings is 1. The van der Waals surface area contributed by atoms with Crippen LogP contribution in [0.5, 0.6) is 0 Å². The number of benzene rings is 1. The first-order valence-electron chi connectivity index (χ1n) is 10.0. The van der Waals surface area contributed by atoms with Gasteiger partial charge in [0.25, 0.3) is 0 Å². The molecule has 5 rings (SSSR count). The molecule has 1 aliphatic rings. The lowest BCUT2D eigenvalue weighted by Gasteiger charge is -2.26. The quantitative estimate of drug-likeness (QED) is 0.475. The molecule has 0 spiro atoms. The number of ether oxygens (including phenoxy) is 1. The van der Waals surface area contributed by atoms with Crippen molar-refractivity contribution in [2.24, 2.45) is 0 Å². The summed E-state index contributed by atoms with van der Waals surface area (Å²) in [5.41, 5.74) is 5.89. The Hall–Kier alpha value is -2.55. The van der Waals surface area contributed by atoms with Crippen LogP contribution in [0.4, 0.5) is 0 Å². The van der Waals surface area contributed by atoms with Crippen molar-refractivity contribution in [3.8, 4) is 11.4 Å². The molecule has 1 N–H and O–H groups in total. The van der Waals surface area contributed by atoms with Crippen LogP contribution in [-0.4, -0.2) is 51.3 Å². The van der Waals surface area contributed by atoms with E-state index in [1.54, 1.807) is 6.20 Å². The lowest BCUT2D eigenvalue weighted by Crippen LogP contribution is -2.35. The Bertz CT molecular complexity index is 1160. The van der Waals surface area contributed by atoms with Gasteiger partial charge in [0.1, 0.15) is 11.6 Å². The molecule has 0 aliphatic carbocycles. The number of imidazole rings is 1. The van der Waals surface area contributed by atoms with Crippen LogP contribution in [-0.2, 0) is 17.7 Å². The number of aromatic nitrogens is 4. The van der Waals surface area contributed by atoms with E-state index in [2.05, 4.69) is 60.2 Å². The molecule has 4 heterocycles. The maximum atomic E-state index is 5.43. The van der Waals surface area contributed by atoms with Gasteiger partial charge in [-0.05, 0) is 28.4 Å². The molecule has 1 aliphatic heterocycles. The Morgan fingerprint density at radius 1 is 1.17 bits per heavy atom. The Balaban J connectivity index is 1.41. The molecule has 7 nitrogen and oxygen atoms in total. The molecule has 1 fully saturated rings. The Morgan fingerprint density at radius 3 is 2.70 bits per heavy atom. The Kier molecular flexibility index (Phi) is 5.37. The number of aryl methyl sites for hydroxylation is 1. The van der Waals surface area contributed by atoms with E-state index in [9.17, 15) is 0 Å². The summed E-state index contributed by atoms with van der Waals surface area (Å²) in [5.74, 6) is 1.61. The molecule has 0 amide bonds. The fourth-order valence-electron chi connectivity index (χ4n) is 3.76. The predicted molar refractivity (Wildman–Crippen MR) is 117 cm³/mol. The van der Waals surface area contributed by atoms with Crippen molar-refractivity contribution in [3.05, 3.63) is 63.6 Å². The molecule has 154 valence electrons. The number of nitrogens with zero attached hydrogens (tertiary/aromatic N) is 4. The number of halogens is 1. The Labute approximate surface area is 182 Å². The molecule has 1 saturated heterocycles. The van der Waals surface area contributed by atoms with Gasteiger partial charge in [-0.25, -0.2) is 9.97 Å². The molecule has 0 unspecified atom stereocenters.